The van der Waals surface area contributed by atoms with Crippen LogP contribution in [0.1, 0.15) is 12.0 Å². The number of alkyl halides is 1. The van der Waals surface area contributed by atoms with Gasteiger partial charge >= 0.3 is 0 Å². The molecule has 1 heterocycles. The molecule has 1 aliphatic rings. The van der Waals surface area contributed by atoms with Crippen LogP contribution in [-0.2, 0) is 6.54 Å². The zero-order chi connectivity index (χ0) is 10.8. The summed E-state index contributed by atoms with van der Waals surface area (Å²) in [6.45, 7) is 3.08. The van der Waals surface area contributed by atoms with Gasteiger partial charge in [-0.3, -0.25) is 4.90 Å². The first kappa shape index (κ1) is 11.6. The van der Waals surface area contributed by atoms with E-state index < -0.39 is 0 Å². The van der Waals surface area contributed by atoms with Crippen LogP contribution in [0.25, 0.3) is 0 Å². The van der Waals surface area contributed by atoms with E-state index in [0.29, 0.717) is 4.83 Å². The molecule has 0 aliphatic carbocycles. The van der Waals surface area contributed by atoms with E-state index in [9.17, 15) is 4.39 Å². The number of hydrogen-bond acceptors (Lipinski definition) is 1. The molecule has 0 radical (unpaired) electrons. The average Bonchev–Trinajstić information content (AvgIpc) is 2.56. The Morgan fingerprint density at radius 2 is 2.27 bits per heavy atom. The molecule has 0 bridgehead atoms. The van der Waals surface area contributed by atoms with Crippen LogP contribution in [0.3, 0.4) is 0 Å². The molecule has 1 atom stereocenters. The first-order valence-corrected chi connectivity index (χ1v) is 6.66. The molecule has 0 aromatic heterocycles. The number of benzene rings is 1. The Kier molecular flexibility index (Phi) is 3.80. The minimum absolute atomic E-state index is 0.189. The molecule has 1 aromatic carbocycles. The number of rotatable bonds is 2. The minimum Gasteiger partial charge on any atom is -0.298 e. The quantitative estimate of drug-likeness (QED) is 0.746. The predicted octanol–water partition coefficient (Wildman–Crippen LogP) is 3.56. The van der Waals surface area contributed by atoms with E-state index in [1.165, 1.54) is 18.6 Å². The van der Waals surface area contributed by atoms with Gasteiger partial charge in [-0.15, -0.1) is 0 Å². The molecule has 1 nitrogen and oxygen atoms in total. The highest BCUT2D eigenvalue weighted by molar-refractivity contribution is 9.10. The summed E-state index contributed by atoms with van der Waals surface area (Å²) in [6.07, 6.45) is 1.19. The summed E-state index contributed by atoms with van der Waals surface area (Å²) in [5.74, 6) is -0.189. The zero-order valence-electron chi connectivity index (χ0n) is 8.22. The van der Waals surface area contributed by atoms with Crippen molar-refractivity contribution in [3.63, 3.8) is 0 Å². The van der Waals surface area contributed by atoms with Crippen molar-refractivity contribution in [2.45, 2.75) is 17.8 Å². The molecule has 1 saturated heterocycles. The number of likely N-dealkylation sites (tertiary alicyclic amines) is 1. The Bertz CT molecular complexity index is 356. The molecule has 4 heteroatoms. The van der Waals surface area contributed by atoms with Crippen LogP contribution in [0.2, 0.25) is 0 Å². The largest absolute Gasteiger partial charge is 0.298 e. The van der Waals surface area contributed by atoms with Gasteiger partial charge in [0.25, 0.3) is 0 Å². The van der Waals surface area contributed by atoms with Gasteiger partial charge in [0.1, 0.15) is 5.82 Å². The van der Waals surface area contributed by atoms with E-state index >= 15 is 0 Å². The molecule has 2 rings (SSSR count). The van der Waals surface area contributed by atoms with Crippen LogP contribution in [0, 0.1) is 5.82 Å². The molecular weight excluding hydrogens is 325 g/mol. The molecule has 1 unspecified atom stereocenters. The number of nitrogens with zero attached hydrogens (tertiary/aromatic N) is 1. The van der Waals surface area contributed by atoms with E-state index in [2.05, 4.69) is 36.8 Å². The van der Waals surface area contributed by atoms with E-state index in [-0.39, 0.29) is 5.82 Å². The second-order valence-corrected chi connectivity index (χ2v) is 6.01. The van der Waals surface area contributed by atoms with Crippen LogP contribution >= 0.6 is 31.9 Å². The van der Waals surface area contributed by atoms with Crippen molar-refractivity contribution in [1.29, 1.82) is 0 Å². The zero-order valence-corrected chi connectivity index (χ0v) is 11.4. The van der Waals surface area contributed by atoms with Crippen LogP contribution in [0.4, 0.5) is 4.39 Å². The van der Waals surface area contributed by atoms with Gasteiger partial charge in [-0.1, -0.05) is 37.9 Å². The fourth-order valence-electron chi connectivity index (χ4n) is 1.82. The smallest absolute Gasteiger partial charge is 0.124 e. The molecule has 0 spiro atoms. The van der Waals surface area contributed by atoms with E-state index in [1.807, 2.05) is 6.07 Å². The summed E-state index contributed by atoms with van der Waals surface area (Å²) >= 11 is 7.00. The van der Waals surface area contributed by atoms with Gasteiger partial charge in [0.15, 0.2) is 0 Å². The summed E-state index contributed by atoms with van der Waals surface area (Å²) in [5.41, 5.74) is 1.15. The Labute approximate surface area is 106 Å². The summed E-state index contributed by atoms with van der Waals surface area (Å²) < 4.78 is 13.7. The predicted molar refractivity (Wildman–Crippen MR) is 66.7 cm³/mol. The lowest BCUT2D eigenvalue weighted by molar-refractivity contribution is 0.332. The summed E-state index contributed by atoms with van der Waals surface area (Å²) in [7, 11) is 0. The molecule has 15 heavy (non-hydrogen) atoms. The SMILES string of the molecule is Fc1ccc(CN2CCC(Br)C2)c(Br)c1. The lowest BCUT2D eigenvalue weighted by Crippen LogP contribution is -2.20. The molecule has 0 saturated carbocycles. The van der Waals surface area contributed by atoms with Crippen molar-refractivity contribution >= 4 is 31.9 Å². The lowest BCUT2D eigenvalue weighted by Gasteiger charge is -2.15. The van der Waals surface area contributed by atoms with Crippen molar-refractivity contribution in [1.82, 2.24) is 4.90 Å². The topological polar surface area (TPSA) is 3.24 Å². The molecular formula is C11H12Br2FN. The maximum Gasteiger partial charge on any atom is 0.124 e. The minimum atomic E-state index is -0.189. The molecule has 1 aliphatic heterocycles. The number of hydrogen-bond donors (Lipinski definition) is 0. The molecule has 82 valence electrons. The monoisotopic (exact) mass is 335 g/mol. The van der Waals surface area contributed by atoms with Crippen molar-refractivity contribution in [2.24, 2.45) is 0 Å². The number of halogens is 3. The van der Waals surface area contributed by atoms with Crippen molar-refractivity contribution < 1.29 is 4.39 Å². The van der Waals surface area contributed by atoms with Gasteiger partial charge in [-0.25, -0.2) is 4.39 Å². The lowest BCUT2D eigenvalue weighted by atomic mass is 10.2. The highest BCUT2D eigenvalue weighted by atomic mass is 79.9. The van der Waals surface area contributed by atoms with E-state index in [0.717, 1.165) is 29.7 Å². The molecule has 1 aromatic rings. The Balaban J connectivity index is 2.04. The third-order valence-electron chi connectivity index (χ3n) is 2.62. The second-order valence-electron chi connectivity index (χ2n) is 3.86. The van der Waals surface area contributed by atoms with Gasteiger partial charge in [0.2, 0.25) is 0 Å². The van der Waals surface area contributed by atoms with Crippen LogP contribution in [-0.4, -0.2) is 22.8 Å². The van der Waals surface area contributed by atoms with Crippen molar-refractivity contribution in [3.05, 3.63) is 34.1 Å². The van der Waals surface area contributed by atoms with Crippen LogP contribution in [0.15, 0.2) is 22.7 Å². The van der Waals surface area contributed by atoms with Gasteiger partial charge < -0.3 is 0 Å². The van der Waals surface area contributed by atoms with E-state index in [4.69, 9.17) is 0 Å². The van der Waals surface area contributed by atoms with E-state index in [1.54, 1.807) is 0 Å². The molecule has 0 amide bonds. The second kappa shape index (κ2) is 4.93. The van der Waals surface area contributed by atoms with Gasteiger partial charge in [0, 0.05) is 22.4 Å². The maximum absolute atomic E-state index is 12.9. The summed E-state index contributed by atoms with van der Waals surface area (Å²) in [5, 5.41) is 0. The third kappa shape index (κ3) is 3.02. The fourth-order valence-corrected chi connectivity index (χ4v) is 2.91. The van der Waals surface area contributed by atoms with Crippen molar-refractivity contribution in [2.75, 3.05) is 13.1 Å². The van der Waals surface area contributed by atoms with Crippen molar-refractivity contribution in [3.8, 4) is 0 Å². The maximum atomic E-state index is 12.9. The molecule has 1 fully saturated rings. The average molecular weight is 337 g/mol. The highest BCUT2D eigenvalue weighted by Crippen LogP contribution is 2.23. The van der Waals surface area contributed by atoms with Gasteiger partial charge in [-0.2, -0.15) is 0 Å². The first-order chi connectivity index (χ1) is 7.15. The molecule has 0 N–H and O–H groups in total. The summed E-state index contributed by atoms with van der Waals surface area (Å²) in [6, 6.07) is 4.89. The highest BCUT2D eigenvalue weighted by Gasteiger charge is 2.20. The summed E-state index contributed by atoms with van der Waals surface area (Å²) in [4.78, 5) is 2.98. The fraction of sp³-hybridized carbons (Fsp3) is 0.455. The first-order valence-electron chi connectivity index (χ1n) is 4.95. The van der Waals surface area contributed by atoms with Gasteiger partial charge in [-0.05, 0) is 30.7 Å². The Hall–Kier alpha value is 0.0700. The normalized spacial score (nSPS) is 22.2. The third-order valence-corrected chi connectivity index (χ3v) is 4.11. The Morgan fingerprint density at radius 3 is 2.87 bits per heavy atom. The Morgan fingerprint density at radius 1 is 1.47 bits per heavy atom. The van der Waals surface area contributed by atoms with Crippen LogP contribution in [0.5, 0.6) is 0 Å². The van der Waals surface area contributed by atoms with Gasteiger partial charge in [0.05, 0.1) is 0 Å². The van der Waals surface area contributed by atoms with Crippen LogP contribution < -0.4 is 0 Å². The standard InChI is InChI=1S/C11H12Br2FN/c12-9-3-4-15(7-9)6-8-1-2-10(14)5-11(8)13/h1-2,5,9H,3-4,6-7H2.